The molecule has 1 amide bonds. The van der Waals surface area contributed by atoms with E-state index in [0.29, 0.717) is 25.9 Å². The van der Waals surface area contributed by atoms with E-state index in [-0.39, 0.29) is 29.8 Å². The lowest BCUT2D eigenvalue weighted by molar-refractivity contribution is -0.142. The fourth-order valence-corrected chi connectivity index (χ4v) is 4.11. The number of piperidine rings is 1. The summed E-state index contributed by atoms with van der Waals surface area (Å²) in [6.07, 6.45) is -3.20. The van der Waals surface area contributed by atoms with Crippen LogP contribution in [0.15, 0.2) is 11.4 Å². The number of carbonyl (C=O) groups is 2. The summed E-state index contributed by atoms with van der Waals surface area (Å²) in [4.78, 5) is 29.4. The van der Waals surface area contributed by atoms with Gasteiger partial charge in [-0.15, -0.1) is 11.3 Å². The molecule has 1 saturated heterocycles. The highest BCUT2D eigenvalue weighted by atomic mass is 35.5. The van der Waals surface area contributed by atoms with Crippen molar-refractivity contribution in [3.05, 3.63) is 33.5 Å². The van der Waals surface area contributed by atoms with Crippen LogP contribution in [-0.2, 0) is 17.5 Å². The van der Waals surface area contributed by atoms with Gasteiger partial charge in [-0.1, -0.05) is 0 Å². The summed E-state index contributed by atoms with van der Waals surface area (Å²) in [6, 6.07) is 0.928. The number of rotatable bonds is 4. The maximum Gasteiger partial charge on any atom is 0.435 e. The van der Waals surface area contributed by atoms with Crippen molar-refractivity contribution < 1.29 is 22.8 Å². The molecule has 1 aliphatic heterocycles. The molecule has 146 valence electrons. The van der Waals surface area contributed by atoms with Crippen molar-refractivity contribution in [2.45, 2.75) is 38.4 Å². The second-order valence-electron chi connectivity index (χ2n) is 6.33. The normalized spacial score (nSPS) is 16.0. The van der Waals surface area contributed by atoms with Gasteiger partial charge in [0.25, 0.3) is 5.24 Å². The van der Waals surface area contributed by atoms with Gasteiger partial charge in [-0.05, 0) is 37.4 Å². The van der Waals surface area contributed by atoms with Gasteiger partial charge in [0, 0.05) is 30.1 Å². The predicted octanol–water partition coefficient (Wildman–Crippen LogP) is 3.45. The van der Waals surface area contributed by atoms with Crippen molar-refractivity contribution in [1.29, 1.82) is 0 Å². The number of alkyl halides is 3. The number of halogens is 4. The lowest BCUT2D eigenvalue weighted by Gasteiger charge is -2.31. The van der Waals surface area contributed by atoms with Crippen LogP contribution in [0.3, 0.4) is 0 Å². The number of likely N-dealkylation sites (tertiary alicyclic amines) is 1. The number of hydrogen-bond donors (Lipinski definition) is 0. The minimum Gasteiger partial charge on any atom is -0.341 e. The highest BCUT2D eigenvalue weighted by molar-refractivity contribution is 7.10. The maximum absolute atomic E-state index is 12.7. The summed E-state index contributed by atoms with van der Waals surface area (Å²) >= 11 is 6.78. The maximum atomic E-state index is 12.7. The molecular weight excluding hydrogens is 405 g/mol. The van der Waals surface area contributed by atoms with Crippen LogP contribution in [0.4, 0.5) is 13.2 Å². The lowest BCUT2D eigenvalue weighted by atomic mass is 9.97. The first-order valence-corrected chi connectivity index (χ1v) is 9.45. The fourth-order valence-electron chi connectivity index (χ4n) is 2.98. The van der Waals surface area contributed by atoms with Crippen LogP contribution in [-0.4, -0.2) is 43.9 Å². The van der Waals surface area contributed by atoms with Gasteiger partial charge >= 0.3 is 6.18 Å². The number of nitrogens with zero attached hydrogens (tertiary/aromatic N) is 4. The van der Waals surface area contributed by atoms with E-state index in [1.54, 1.807) is 10.3 Å². The molecule has 2 aromatic heterocycles. The molecule has 3 rings (SSSR count). The van der Waals surface area contributed by atoms with Crippen LogP contribution in [0, 0.1) is 6.92 Å². The molecule has 1 fully saturated rings. The molecule has 0 spiro atoms. The van der Waals surface area contributed by atoms with E-state index >= 15 is 0 Å². The molecule has 3 heterocycles. The molecule has 1 aliphatic rings. The third-order valence-electron chi connectivity index (χ3n) is 4.48. The van der Waals surface area contributed by atoms with Crippen molar-refractivity contribution >= 4 is 34.1 Å². The van der Waals surface area contributed by atoms with Gasteiger partial charge in [-0.25, -0.2) is 4.98 Å². The number of amides is 1. The average Bonchev–Trinajstić information content (AvgIpc) is 3.22. The Bertz CT molecular complexity index is 856. The second kappa shape index (κ2) is 7.59. The third-order valence-corrected chi connectivity index (χ3v) is 5.68. The molecule has 0 unspecified atom stereocenters. The minimum absolute atomic E-state index is 0.132. The van der Waals surface area contributed by atoms with Gasteiger partial charge in [0.2, 0.25) is 5.91 Å². The van der Waals surface area contributed by atoms with E-state index in [2.05, 4.69) is 10.1 Å². The van der Waals surface area contributed by atoms with Crippen molar-refractivity contribution in [1.82, 2.24) is 19.7 Å². The van der Waals surface area contributed by atoms with E-state index in [0.717, 1.165) is 15.8 Å². The van der Waals surface area contributed by atoms with Crippen molar-refractivity contribution in [2.75, 3.05) is 13.1 Å². The molecule has 0 saturated carbocycles. The zero-order valence-corrected chi connectivity index (χ0v) is 15.9. The Morgan fingerprint density at radius 2 is 2.00 bits per heavy atom. The first-order valence-electron chi connectivity index (χ1n) is 8.20. The first-order chi connectivity index (χ1) is 12.6. The smallest absolute Gasteiger partial charge is 0.341 e. The largest absolute Gasteiger partial charge is 0.435 e. The average molecular weight is 421 g/mol. The Labute approximate surface area is 161 Å². The van der Waals surface area contributed by atoms with E-state index in [1.807, 2.05) is 0 Å². The van der Waals surface area contributed by atoms with E-state index < -0.39 is 17.1 Å². The monoisotopic (exact) mass is 420 g/mol. The molecular formula is C16H16ClF3N4O2S. The summed E-state index contributed by atoms with van der Waals surface area (Å²) in [7, 11) is 0. The summed E-state index contributed by atoms with van der Waals surface area (Å²) in [5.41, 5.74) is -0.490. The van der Waals surface area contributed by atoms with Crippen molar-refractivity contribution in [3.63, 3.8) is 0 Å². The van der Waals surface area contributed by atoms with E-state index in [1.165, 1.54) is 18.3 Å². The molecule has 2 aromatic rings. The van der Waals surface area contributed by atoms with Crippen LogP contribution in [0.25, 0.3) is 0 Å². The molecule has 0 radical (unpaired) electrons. The highest BCUT2D eigenvalue weighted by Gasteiger charge is 2.35. The number of aryl methyl sites for hydroxylation is 1. The highest BCUT2D eigenvalue weighted by Crippen LogP contribution is 2.31. The number of aromatic nitrogens is 3. The molecule has 0 atom stereocenters. The van der Waals surface area contributed by atoms with Gasteiger partial charge in [-0.3, -0.25) is 14.3 Å². The van der Waals surface area contributed by atoms with Gasteiger partial charge in [0.15, 0.2) is 5.69 Å². The molecule has 0 aromatic carbocycles. The predicted molar refractivity (Wildman–Crippen MR) is 92.8 cm³/mol. The number of carbonyl (C=O) groups excluding carboxylic acids is 2. The van der Waals surface area contributed by atoms with Gasteiger partial charge in [-0.2, -0.15) is 18.3 Å². The molecule has 0 N–H and O–H groups in total. The summed E-state index contributed by atoms with van der Waals surface area (Å²) in [6.45, 7) is 2.20. The Morgan fingerprint density at radius 3 is 2.52 bits per heavy atom. The van der Waals surface area contributed by atoms with Crippen molar-refractivity contribution in [2.24, 2.45) is 0 Å². The zero-order valence-electron chi connectivity index (χ0n) is 14.3. The lowest BCUT2D eigenvalue weighted by Crippen LogP contribution is -2.40. The topological polar surface area (TPSA) is 68.1 Å². The number of thiazole rings is 1. The Morgan fingerprint density at radius 1 is 1.33 bits per heavy atom. The fraction of sp³-hybridized carbons (Fsp3) is 0.500. The minimum atomic E-state index is -4.53. The van der Waals surface area contributed by atoms with Crippen LogP contribution in [0.5, 0.6) is 0 Å². The van der Waals surface area contributed by atoms with Gasteiger partial charge in [0.1, 0.15) is 12.2 Å². The van der Waals surface area contributed by atoms with Crippen LogP contribution in [0.1, 0.15) is 45.6 Å². The molecule has 0 bridgehead atoms. The quantitative estimate of drug-likeness (QED) is 0.710. The van der Waals surface area contributed by atoms with Crippen LogP contribution >= 0.6 is 22.9 Å². The SMILES string of the molecule is Cc1cc(C(F)(F)F)nn1CC(=O)N1CCC(c2nc(C(=O)Cl)cs2)CC1. The van der Waals surface area contributed by atoms with Crippen LogP contribution in [0.2, 0.25) is 0 Å². The zero-order chi connectivity index (χ0) is 19.8. The summed E-state index contributed by atoms with van der Waals surface area (Å²) in [5, 5.41) is 5.31. The molecule has 0 aliphatic carbocycles. The summed E-state index contributed by atoms with van der Waals surface area (Å²) in [5.74, 6) is -0.142. The Kier molecular flexibility index (Phi) is 5.57. The Balaban J connectivity index is 1.58. The number of hydrogen-bond acceptors (Lipinski definition) is 5. The first kappa shape index (κ1) is 19.8. The summed E-state index contributed by atoms with van der Waals surface area (Å²) < 4.78 is 39.3. The van der Waals surface area contributed by atoms with E-state index in [9.17, 15) is 22.8 Å². The molecule has 6 nitrogen and oxygen atoms in total. The second-order valence-corrected chi connectivity index (χ2v) is 7.56. The van der Waals surface area contributed by atoms with Crippen LogP contribution < -0.4 is 0 Å². The van der Waals surface area contributed by atoms with Gasteiger partial charge in [0.05, 0.1) is 5.01 Å². The standard InChI is InChI=1S/C16H16ClF3N4O2S/c1-9-6-12(16(18,19)20)22-24(9)7-13(25)23-4-2-10(3-5-23)15-21-11(8-27-15)14(17)26/h6,8,10H,2-5,7H2,1H3. The Hall–Kier alpha value is -1.94. The molecule has 27 heavy (non-hydrogen) atoms. The van der Waals surface area contributed by atoms with Crippen molar-refractivity contribution in [3.8, 4) is 0 Å². The van der Waals surface area contributed by atoms with Gasteiger partial charge < -0.3 is 4.90 Å². The third kappa shape index (κ3) is 4.49. The van der Waals surface area contributed by atoms with E-state index in [4.69, 9.17) is 11.6 Å². The molecule has 11 heteroatoms.